The molecule has 5 nitrogen and oxygen atoms in total. The Morgan fingerprint density at radius 3 is 2.47 bits per heavy atom. The number of nitrogens with one attached hydrogen (secondary N) is 2. The minimum absolute atomic E-state index is 0. The third kappa shape index (κ3) is 4.91. The fourth-order valence-electron chi connectivity index (χ4n) is 1.84. The van der Waals surface area contributed by atoms with Crippen molar-refractivity contribution in [1.82, 2.24) is 10.6 Å². The van der Waals surface area contributed by atoms with Gasteiger partial charge in [-0.3, -0.25) is 4.79 Å². The first-order chi connectivity index (χ1) is 7.69. The Kier molecular flexibility index (Phi) is 7.91. The molecule has 0 bridgehead atoms. The van der Waals surface area contributed by atoms with Crippen LogP contribution in [0.2, 0.25) is 0 Å². The molecule has 0 aromatic rings. The van der Waals surface area contributed by atoms with E-state index in [0.717, 1.165) is 25.9 Å². The smallest absolute Gasteiger partial charge is 0.328 e. The van der Waals surface area contributed by atoms with Gasteiger partial charge in [-0.15, -0.1) is 12.4 Å². The Bertz CT molecular complexity index is 255. The number of halogens is 1. The van der Waals surface area contributed by atoms with Crippen LogP contribution in [0.25, 0.3) is 0 Å². The lowest BCUT2D eigenvalue weighted by Crippen LogP contribution is -2.46. The Morgan fingerprint density at radius 1 is 1.41 bits per heavy atom. The van der Waals surface area contributed by atoms with Gasteiger partial charge in [0, 0.05) is 5.92 Å². The van der Waals surface area contributed by atoms with Gasteiger partial charge in [-0.1, -0.05) is 6.92 Å². The van der Waals surface area contributed by atoms with Crippen LogP contribution >= 0.6 is 12.4 Å². The molecule has 1 aliphatic rings. The molecule has 6 heteroatoms. The number of rotatable bonds is 4. The molecule has 1 atom stereocenters. The summed E-state index contributed by atoms with van der Waals surface area (Å²) < 4.78 is 4.63. The highest BCUT2D eigenvalue weighted by Gasteiger charge is 2.25. The molecule has 0 saturated carbocycles. The number of methoxy groups -OCH3 is 1. The summed E-state index contributed by atoms with van der Waals surface area (Å²) in [5, 5.41) is 5.95. The lowest BCUT2D eigenvalue weighted by atomic mass is 9.97. The fraction of sp³-hybridized carbons (Fsp3) is 0.818. The van der Waals surface area contributed by atoms with Gasteiger partial charge in [0.2, 0.25) is 5.91 Å². The van der Waals surface area contributed by atoms with Crippen molar-refractivity contribution in [2.24, 2.45) is 5.92 Å². The molecule has 1 unspecified atom stereocenters. The summed E-state index contributed by atoms with van der Waals surface area (Å²) in [6.07, 6.45) is 2.23. The van der Waals surface area contributed by atoms with Crippen LogP contribution in [-0.2, 0) is 14.3 Å². The Balaban J connectivity index is 0.00000256. The van der Waals surface area contributed by atoms with Crippen molar-refractivity contribution in [3.8, 4) is 0 Å². The number of carbonyl (C=O) groups excluding carboxylic acids is 2. The Labute approximate surface area is 108 Å². The van der Waals surface area contributed by atoms with Gasteiger partial charge in [-0.2, -0.15) is 0 Å². The number of carbonyl (C=O) groups is 2. The summed E-state index contributed by atoms with van der Waals surface area (Å²) in [6, 6.07) is -0.507. The van der Waals surface area contributed by atoms with Crippen molar-refractivity contribution in [1.29, 1.82) is 0 Å². The Morgan fingerprint density at radius 2 is 2.00 bits per heavy atom. The standard InChI is InChI=1S/C11H20N2O3.ClH/c1-3-9(11(15)16-2)13-10(14)8-4-6-12-7-5-8;/h8-9,12H,3-7H2,1-2H3,(H,13,14);1H. The summed E-state index contributed by atoms with van der Waals surface area (Å²) in [7, 11) is 1.33. The lowest BCUT2D eigenvalue weighted by Gasteiger charge is -2.23. The molecule has 2 N–H and O–H groups in total. The molecule has 1 fully saturated rings. The number of esters is 1. The van der Waals surface area contributed by atoms with E-state index in [-0.39, 0.29) is 30.2 Å². The van der Waals surface area contributed by atoms with E-state index in [1.54, 1.807) is 0 Å². The van der Waals surface area contributed by atoms with Crippen LogP contribution in [0, 0.1) is 5.92 Å². The van der Waals surface area contributed by atoms with Gasteiger partial charge >= 0.3 is 5.97 Å². The van der Waals surface area contributed by atoms with Crippen molar-refractivity contribution >= 4 is 24.3 Å². The van der Waals surface area contributed by atoms with Gasteiger partial charge in [0.25, 0.3) is 0 Å². The summed E-state index contributed by atoms with van der Waals surface area (Å²) in [6.45, 7) is 3.59. The van der Waals surface area contributed by atoms with E-state index in [4.69, 9.17) is 0 Å². The first-order valence-electron chi connectivity index (χ1n) is 5.78. The molecule has 0 aliphatic carbocycles. The van der Waals surface area contributed by atoms with Crippen molar-refractivity contribution in [3.63, 3.8) is 0 Å². The number of hydrogen-bond acceptors (Lipinski definition) is 4. The molecule has 0 spiro atoms. The maximum atomic E-state index is 11.8. The zero-order valence-electron chi connectivity index (χ0n) is 10.3. The highest BCUT2D eigenvalue weighted by atomic mass is 35.5. The zero-order chi connectivity index (χ0) is 12.0. The van der Waals surface area contributed by atoms with Crippen LogP contribution < -0.4 is 10.6 Å². The monoisotopic (exact) mass is 264 g/mol. The maximum Gasteiger partial charge on any atom is 0.328 e. The molecular weight excluding hydrogens is 244 g/mol. The van der Waals surface area contributed by atoms with E-state index in [9.17, 15) is 9.59 Å². The largest absolute Gasteiger partial charge is 0.467 e. The second-order valence-electron chi connectivity index (χ2n) is 4.02. The average Bonchev–Trinajstić information content (AvgIpc) is 2.35. The summed E-state index contributed by atoms with van der Waals surface area (Å²) in [5.74, 6) is -0.372. The Hall–Kier alpha value is -0.810. The van der Waals surface area contributed by atoms with E-state index < -0.39 is 6.04 Å². The summed E-state index contributed by atoms with van der Waals surface area (Å²) in [5.41, 5.74) is 0. The van der Waals surface area contributed by atoms with E-state index in [0.29, 0.717) is 6.42 Å². The first-order valence-corrected chi connectivity index (χ1v) is 5.78. The van der Waals surface area contributed by atoms with Crippen molar-refractivity contribution in [2.75, 3.05) is 20.2 Å². The molecule has 0 aromatic carbocycles. The van der Waals surface area contributed by atoms with Crippen molar-refractivity contribution in [3.05, 3.63) is 0 Å². The third-order valence-electron chi connectivity index (χ3n) is 2.92. The summed E-state index contributed by atoms with van der Waals surface area (Å²) in [4.78, 5) is 23.2. The molecule has 1 heterocycles. The molecule has 1 saturated heterocycles. The van der Waals surface area contributed by atoms with Crippen molar-refractivity contribution in [2.45, 2.75) is 32.2 Å². The maximum absolute atomic E-state index is 11.8. The average molecular weight is 265 g/mol. The van der Waals surface area contributed by atoms with Crippen LogP contribution in [0.5, 0.6) is 0 Å². The fourth-order valence-corrected chi connectivity index (χ4v) is 1.84. The van der Waals surface area contributed by atoms with Crippen LogP contribution in [-0.4, -0.2) is 38.1 Å². The quantitative estimate of drug-likeness (QED) is 0.725. The van der Waals surface area contributed by atoms with Gasteiger partial charge in [0.15, 0.2) is 0 Å². The number of piperidine rings is 1. The lowest BCUT2D eigenvalue weighted by molar-refractivity contribution is -0.145. The van der Waals surface area contributed by atoms with Gasteiger partial charge in [-0.05, 0) is 32.4 Å². The van der Waals surface area contributed by atoms with Crippen LogP contribution in [0.3, 0.4) is 0 Å². The molecular formula is C11H21ClN2O3. The van der Waals surface area contributed by atoms with Crippen LogP contribution in [0.15, 0.2) is 0 Å². The number of hydrogen-bond donors (Lipinski definition) is 2. The molecule has 100 valence electrons. The van der Waals surface area contributed by atoms with E-state index in [2.05, 4.69) is 15.4 Å². The summed E-state index contributed by atoms with van der Waals surface area (Å²) >= 11 is 0. The number of ether oxygens (including phenoxy) is 1. The minimum atomic E-state index is -0.507. The predicted octanol–water partition coefficient (Wildman–Crippen LogP) is 0.476. The third-order valence-corrected chi connectivity index (χ3v) is 2.92. The second-order valence-corrected chi connectivity index (χ2v) is 4.02. The van der Waals surface area contributed by atoms with E-state index >= 15 is 0 Å². The molecule has 0 radical (unpaired) electrons. The number of amides is 1. The van der Waals surface area contributed by atoms with E-state index in [1.165, 1.54) is 7.11 Å². The second kappa shape index (κ2) is 8.31. The van der Waals surface area contributed by atoms with Gasteiger partial charge in [0.1, 0.15) is 6.04 Å². The molecule has 17 heavy (non-hydrogen) atoms. The highest BCUT2D eigenvalue weighted by molar-refractivity contribution is 5.86. The normalized spacial score (nSPS) is 17.8. The van der Waals surface area contributed by atoms with Crippen molar-refractivity contribution < 1.29 is 14.3 Å². The predicted molar refractivity (Wildman–Crippen MR) is 67.1 cm³/mol. The first kappa shape index (κ1) is 16.2. The molecule has 1 amide bonds. The zero-order valence-corrected chi connectivity index (χ0v) is 11.1. The molecule has 1 rings (SSSR count). The van der Waals surface area contributed by atoms with Gasteiger partial charge in [0.05, 0.1) is 7.11 Å². The van der Waals surface area contributed by atoms with Gasteiger partial charge in [-0.25, -0.2) is 4.79 Å². The van der Waals surface area contributed by atoms with Crippen LogP contribution in [0.1, 0.15) is 26.2 Å². The topological polar surface area (TPSA) is 67.4 Å². The highest BCUT2D eigenvalue weighted by Crippen LogP contribution is 2.12. The van der Waals surface area contributed by atoms with E-state index in [1.807, 2.05) is 6.92 Å². The molecule has 0 aromatic heterocycles. The van der Waals surface area contributed by atoms with Gasteiger partial charge < -0.3 is 15.4 Å². The molecule has 1 aliphatic heterocycles. The minimum Gasteiger partial charge on any atom is -0.467 e. The van der Waals surface area contributed by atoms with Crippen LogP contribution in [0.4, 0.5) is 0 Å². The SMILES string of the molecule is CCC(NC(=O)C1CCNCC1)C(=O)OC.Cl.